The summed E-state index contributed by atoms with van der Waals surface area (Å²) < 4.78 is 5.53. The Kier molecular flexibility index (Phi) is 8.92. The van der Waals surface area contributed by atoms with Gasteiger partial charge in [-0.25, -0.2) is 4.98 Å². The molecule has 0 aromatic carbocycles. The summed E-state index contributed by atoms with van der Waals surface area (Å²) >= 11 is 1.62. The normalized spacial score (nSPS) is 13.2. The largest absolute Gasteiger partial charge is 0.443 e. The molecule has 1 atom stereocenters. The molecule has 0 spiro atoms. The number of hydrogen-bond donors (Lipinski definition) is 2. The predicted molar refractivity (Wildman–Crippen MR) is 117 cm³/mol. The molecule has 2 aromatic heterocycles. The van der Waals surface area contributed by atoms with Crippen molar-refractivity contribution in [3.63, 3.8) is 0 Å². The molecule has 0 aliphatic rings. The van der Waals surface area contributed by atoms with E-state index in [0.29, 0.717) is 23.9 Å². The van der Waals surface area contributed by atoms with Crippen LogP contribution in [-0.2, 0) is 6.54 Å². The van der Waals surface area contributed by atoms with Crippen LogP contribution >= 0.6 is 35.3 Å². The summed E-state index contributed by atoms with van der Waals surface area (Å²) in [7, 11) is 1.78. The van der Waals surface area contributed by atoms with Crippen molar-refractivity contribution in [3.05, 3.63) is 29.5 Å². The number of thiophene rings is 1. The standard InChI is InChI=1S/C18H28N4OS.HI/c1-13(8-9-18(2,3)4)21-17(19-5)20-11-14-12-23-16(22-14)15-7-6-10-24-15;/h6-7,10,12-13H,8-9,11H2,1-5H3,(H2,19,20,21);1H. The van der Waals surface area contributed by atoms with E-state index in [2.05, 4.69) is 48.3 Å². The van der Waals surface area contributed by atoms with Gasteiger partial charge in [-0.1, -0.05) is 26.8 Å². The van der Waals surface area contributed by atoms with Crippen molar-refractivity contribution in [3.8, 4) is 10.8 Å². The van der Waals surface area contributed by atoms with Crippen molar-refractivity contribution in [2.75, 3.05) is 7.05 Å². The molecule has 0 radical (unpaired) electrons. The van der Waals surface area contributed by atoms with E-state index in [1.807, 2.05) is 17.5 Å². The second-order valence-corrected chi connectivity index (χ2v) is 8.14. The molecule has 140 valence electrons. The number of nitrogens with zero attached hydrogens (tertiary/aromatic N) is 2. The van der Waals surface area contributed by atoms with Gasteiger partial charge in [-0.05, 0) is 36.6 Å². The molecule has 0 amide bonds. The summed E-state index contributed by atoms with van der Waals surface area (Å²) in [6.07, 6.45) is 3.97. The average Bonchev–Trinajstić information content (AvgIpc) is 3.19. The number of oxazole rings is 1. The maximum absolute atomic E-state index is 5.53. The second kappa shape index (κ2) is 10.2. The van der Waals surface area contributed by atoms with E-state index in [1.165, 1.54) is 6.42 Å². The summed E-state index contributed by atoms with van der Waals surface area (Å²) in [6, 6.07) is 4.37. The van der Waals surface area contributed by atoms with Gasteiger partial charge in [-0.2, -0.15) is 0 Å². The smallest absolute Gasteiger partial charge is 0.236 e. The van der Waals surface area contributed by atoms with Crippen molar-refractivity contribution in [1.29, 1.82) is 0 Å². The lowest BCUT2D eigenvalue weighted by molar-refractivity contribution is 0.346. The van der Waals surface area contributed by atoms with Crippen LogP contribution in [0, 0.1) is 5.41 Å². The van der Waals surface area contributed by atoms with Crippen molar-refractivity contribution in [1.82, 2.24) is 15.6 Å². The SMILES string of the molecule is CN=C(NCc1coc(-c2cccs2)n1)NC(C)CCC(C)(C)C.I. The number of aliphatic imine (C=N–C) groups is 1. The highest BCUT2D eigenvalue weighted by Crippen LogP contribution is 2.23. The van der Waals surface area contributed by atoms with E-state index in [0.717, 1.165) is 23.0 Å². The van der Waals surface area contributed by atoms with Crippen LogP contribution in [-0.4, -0.2) is 24.0 Å². The van der Waals surface area contributed by atoms with Crippen LogP contribution in [0.25, 0.3) is 10.8 Å². The predicted octanol–water partition coefficient (Wildman–Crippen LogP) is 4.90. The first kappa shape index (κ1) is 22.0. The lowest BCUT2D eigenvalue weighted by Crippen LogP contribution is -2.42. The van der Waals surface area contributed by atoms with E-state index in [4.69, 9.17) is 4.42 Å². The topological polar surface area (TPSA) is 62.5 Å². The maximum Gasteiger partial charge on any atom is 0.236 e. The number of guanidine groups is 1. The molecule has 2 N–H and O–H groups in total. The summed E-state index contributed by atoms with van der Waals surface area (Å²) in [5.41, 5.74) is 1.22. The Bertz CT molecular complexity index is 646. The number of nitrogens with one attached hydrogen (secondary N) is 2. The summed E-state index contributed by atoms with van der Waals surface area (Å²) in [6.45, 7) is 9.57. The third-order valence-electron chi connectivity index (χ3n) is 3.65. The molecule has 25 heavy (non-hydrogen) atoms. The lowest BCUT2D eigenvalue weighted by atomic mass is 9.89. The third kappa shape index (κ3) is 7.77. The van der Waals surface area contributed by atoms with Crippen LogP contribution in [0.1, 0.15) is 46.2 Å². The monoisotopic (exact) mass is 476 g/mol. The molecule has 2 aromatic rings. The Labute approximate surface area is 171 Å². The molecule has 0 fully saturated rings. The first-order valence-corrected chi connectivity index (χ1v) is 9.21. The summed E-state index contributed by atoms with van der Waals surface area (Å²) in [5, 5.41) is 8.73. The molecular formula is C18H29IN4OS. The fourth-order valence-corrected chi connectivity index (χ4v) is 2.88. The highest BCUT2D eigenvalue weighted by atomic mass is 127. The molecule has 0 aliphatic heterocycles. The molecule has 5 nitrogen and oxygen atoms in total. The van der Waals surface area contributed by atoms with E-state index in [9.17, 15) is 0 Å². The Hall–Kier alpha value is -1.09. The molecule has 2 rings (SSSR count). The van der Waals surface area contributed by atoms with Gasteiger partial charge in [0.05, 0.1) is 17.1 Å². The minimum absolute atomic E-state index is 0. The van der Waals surface area contributed by atoms with E-state index in [-0.39, 0.29) is 24.0 Å². The molecule has 0 bridgehead atoms. The highest BCUT2D eigenvalue weighted by Gasteiger charge is 2.13. The Morgan fingerprint density at radius 3 is 2.76 bits per heavy atom. The fraction of sp³-hybridized carbons (Fsp3) is 0.556. The lowest BCUT2D eigenvalue weighted by Gasteiger charge is -2.22. The minimum Gasteiger partial charge on any atom is -0.443 e. The Morgan fingerprint density at radius 1 is 1.40 bits per heavy atom. The van der Waals surface area contributed by atoms with Crippen LogP contribution in [0.5, 0.6) is 0 Å². The van der Waals surface area contributed by atoms with Crippen LogP contribution in [0.3, 0.4) is 0 Å². The van der Waals surface area contributed by atoms with E-state index in [1.54, 1.807) is 24.6 Å². The third-order valence-corrected chi connectivity index (χ3v) is 4.51. The van der Waals surface area contributed by atoms with Gasteiger partial charge >= 0.3 is 0 Å². The van der Waals surface area contributed by atoms with Crippen molar-refractivity contribution < 1.29 is 4.42 Å². The number of hydrogen-bond acceptors (Lipinski definition) is 4. The van der Waals surface area contributed by atoms with E-state index >= 15 is 0 Å². The molecule has 0 aliphatic carbocycles. The summed E-state index contributed by atoms with van der Waals surface area (Å²) in [5.74, 6) is 1.46. The van der Waals surface area contributed by atoms with Crippen LogP contribution in [0.2, 0.25) is 0 Å². The van der Waals surface area contributed by atoms with Gasteiger partial charge < -0.3 is 15.1 Å². The van der Waals surface area contributed by atoms with Gasteiger partial charge in [0.1, 0.15) is 6.26 Å². The van der Waals surface area contributed by atoms with Gasteiger partial charge in [0, 0.05) is 13.1 Å². The zero-order valence-corrected chi connectivity index (χ0v) is 18.8. The summed E-state index contributed by atoms with van der Waals surface area (Å²) in [4.78, 5) is 9.83. The molecule has 0 saturated carbocycles. The second-order valence-electron chi connectivity index (χ2n) is 7.19. The van der Waals surface area contributed by atoms with Gasteiger partial charge in [-0.3, -0.25) is 4.99 Å². The number of aromatic nitrogens is 1. The first-order valence-electron chi connectivity index (χ1n) is 8.33. The van der Waals surface area contributed by atoms with Crippen LogP contribution < -0.4 is 10.6 Å². The Morgan fingerprint density at radius 2 is 2.16 bits per heavy atom. The molecular weight excluding hydrogens is 447 g/mol. The van der Waals surface area contributed by atoms with Crippen molar-refractivity contribution in [2.24, 2.45) is 10.4 Å². The van der Waals surface area contributed by atoms with E-state index < -0.39 is 0 Å². The maximum atomic E-state index is 5.53. The zero-order chi connectivity index (χ0) is 17.6. The number of rotatable bonds is 6. The van der Waals surface area contributed by atoms with Gasteiger partial charge in [0.2, 0.25) is 5.89 Å². The quantitative estimate of drug-likeness (QED) is 0.354. The first-order chi connectivity index (χ1) is 11.4. The van der Waals surface area contributed by atoms with Crippen LogP contribution in [0.4, 0.5) is 0 Å². The number of halogens is 1. The van der Waals surface area contributed by atoms with Crippen molar-refractivity contribution in [2.45, 2.75) is 53.1 Å². The Balaban J connectivity index is 0.00000312. The van der Waals surface area contributed by atoms with Gasteiger partial charge in [-0.15, -0.1) is 35.3 Å². The highest BCUT2D eigenvalue weighted by molar-refractivity contribution is 14.0. The molecule has 0 saturated heterocycles. The fourth-order valence-electron chi connectivity index (χ4n) is 2.23. The zero-order valence-electron chi connectivity index (χ0n) is 15.6. The van der Waals surface area contributed by atoms with Gasteiger partial charge in [0.15, 0.2) is 5.96 Å². The minimum atomic E-state index is 0. The van der Waals surface area contributed by atoms with Crippen LogP contribution in [0.15, 0.2) is 33.2 Å². The average molecular weight is 476 g/mol. The van der Waals surface area contributed by atoms with Crippen molar-refractivity contribution >= 4 is 41.3 Å². The molecule has 1 unspecified atom stereocenters. The molecule has 2 heterocycles. The molecule has 7 heteroatoms. The van der Waals surface area contributed by atoms with Gasteiger partial charge in [0.25, 0.3) is 0 Å².